The van der Waals surface area contributed by atoms with Crippen LogP contribution in [0.15, 0.2) is 71.7 Å². The predicted molar refractivity (Wildman–Crippen MR) is 99.0 cm³/mol. The third-order valence-electron chi connectivity index (χ3n) is 3.73. The fourth-order valence-corrected chi connectivity index (χ4v) is 2.37. The second kappa shape index (κ2) is 7.60. The molecule has 3 heterocycles. The van der Waals surface area contributed by atoms with Crippen LogP contribution in [0, 0.1) is 10.1 Å². The van der Waals surface area contributed by atoms with E-state index in [1.54, 1.807) is 59.7 Å². The van der Waals surface area contributed by atoms with E-state index in [0.717, 1.165) is 6.07 Å². The number of imidazole rings is 1. The number of nitro groups is 1. The molecule has 0 spiro atoms. The second-order valence-corrected chi connectivity index (χ2v) is 5.68. The van der Waals surface area contributed by atoms with Crippen LogP contribution in [0.5, 0.6) is 11.6 Å². The van der Waals surface area contributed by atoms with Gasteiger partial charge in [-0.05, 0) is 36.4 Å². The number of nitrogens with one attached hydrogen (secondary N) is 1. The van der Waals surface area contributed by atoms with Crippen molar-refractivity contribution in [1.29, 1.82) is 0 Å². The molecule has 29 heavy (non-hydrogen) atoms. The Balaban J connectivity index is 1.38. The van der Waals surface area contributed by atoms with Crippen LogP contribution < -0.4 is 10.1 Å². The highest BCUT2D eigenvalue weighted by Gasteiger charge is 2.17. The van der Waals surface area contributed by atoms with Crippen LogP contribution in [0.1, 0.15) is 10.6 Å². The fourth-order valence-electron chi connectivity index (χ4n) is 2.37. The minimum atomic E-state index is -0.715. The first-order chi connectivity index (χ1) is 14.1. The van der Waals surface area contributed by atoms with Gasteiger partial charge in [0.05, 0.1) is 6.07 Å². The number of furan rings is 1. The van der Waals surface area contributed by atoms with Crippen molar-refractivity contribution in [1.82, 2.24) is 19.7 Å². The average Bonchev–Trinajstić information content (AvgIpc) is 3.42. The molecule has 0 aliphatic carbocycles. The van der Waals surface area contributed by atoms with Crippen molar-refractivity contribution >= 4 is 17.5 Å². The number of hydrogen-bond donors (Lipinski definition) is 1. The number of rotatable bonds is 6. The molecule has 3 aromatic heterocycles. The van der Waals surface area contributed by atoms with Crippen molar-refractivity contribution in [2.24, 2.45) is 0 Å². The SMILES string of the molecule is O=C(Nc1ccc(Oc2ccc(-n3ccnc3)nn2)cc1)c1ccc([N+](=O)[O-])o1. The quantitative estimate of drug-likeness (QED) is 0.390. The van der Waals surface area contributed by atoms with E-state index in [-0.39, 0.29) is 5.76 Å². The summed E-state index contributed by atoms with van der Waals surface area (Å²) in [6, 6.07) is 12.2. The van der Waals surface area contributed by atoms with Crippen LogP contribution in [0.2, 0.25) is 0 Å². The highest BCUT2D eigenvalue weighted by molar-refractivity contribution is 6.02. The summed E-state index contributed by atoms with van der Waals surface area (Å²) in [6.07, 6.45) is 5.00. The van der Waals surface area contributed by atoms with Gasteiger partial charge in [-0.1, -0.05) is 0 Å². The largest absolute Gasteiger partial charge is 0.438 e. The number of carbonyl (C=O) groups excluding carboxylic acids is 1. The highest BCUT2D eigenvalue weighted by Crippen LogP contribution is 2.22. The van der Waals surface area contributed by atoms with E-state index in [1.165, 1.54) is 6.07 Å². The summed E-state index contributed by atoms with van der Waals surface area (Å²) in [4.78, 5) is 25.9. The van der Waals surface area contributed by atoms with Gasteiger partial charge in [0.1, 0.15) is 17.0 Å². The Hall–Kier alpha value is -4.54. The molecule has 0 saturated heterocycles. The Morgan fingerprint density at radius 1 is 1.10 bits per heavy atom. The van der Waals surface area contributed by atoms with Gasteiger partial charge in [-0.15, -0.1) is 10.2 Å². The van der Waals surface area contributed by atoms with Gasteiger partial charge in [0, 0.05) is 24.1 Å². The number of aromatic nitrogens is 4. The van der Waals surface area contributed by atoms with Crippen molar-refractivity contribution < 1.29 is 18.9 Å². The molecule has 1 aromatic carbocycles. The maximum Gasteiger partial charge on any atom is 0.433 e. The normalized spacial score (nSPS) is 10.5. The van der Waals surface area contributed by atoms with E-state index in [2.05, 4.69) is 20.5 Å². The highest BCUT2D eigenvalue weighted by atomic mass is 16.6. The molecule has 0 atom stereocenters. The molecule has 4 rings (SSSR count). The summed E-state index contributed by atoms with van der Waals surface area (Å²) in [5, 5.41) is 21.2. The van der Waals surface area contributed by atoms with Crippen molar-refractivity contribution in [3.05, 3.63) is 83.1 Å². The van der Waals surface area contributed by atoms with Gasteiger partial charge in [-0.3, -0.25) is 19.5 Å². The second-order valence-electron chi connectivity index (χ2n) is 5.68. The zero-order valence-electron chi connectivity index (χ0n) is 14.6. The van der Waals surface area contributed by atoms with E-state index in [9.17, 15) is 14.9 Å². The molecule has 0 unspecified atom stereocenters. The van der Waals surface area contributed by atoms with Crippen LogP contribution in [-0.4, -0.2) is 30.6 Å². The average molecular weight is 392 g/mol. The monoisotopic (exact) mass is 392 g/mol. The molecular formula is C18H12N6O5. The van der Waals surface area contributed by atoms with Crippen LogP contribution in [0.25, 0.3) is 5.82 Å². The van der Waals surface area contributed by atoms with Crippen LogP contribution in [-0.2, 0) is 0 Å². The number of carbonyl (C=O) groups is 1. The summed E-state index contributed by atoms with van der Waals surface area (Å²) in [5.41, 5.74) is 0.461. The number of benzene rings is 1. The van der Waals surface area contributed by atoms with Crippen LogP contribution in [0.3, 0.4) is 0 Å². The number of amides is 1. The third-order valence-corrected chi connectivity index (χ3v) is 3.73. The van der Waals surface area contributed by atoms with E-state index < -0.39 is 16.7 Å². The minimum Gasteiger partial charge on any atom is -0.438 e. The van der Waals surface area contributed by atoms with E-state index >= 15 is 0 Å². The maximum absolute atomic E-state index is 12.1. The summed E-state index contributed by atoms with van der Waals surface area (Å²) in [7, 11) is 0. The van der Waals surface area contributed by atoms with Gasteiger partial charge < -0.3 is 14.5 Å². The molecule has 1 amide bonds. The number of ether oxygens (including phenoxy) is 1. The number of nitrogens with zero attached hydrogens (tertiary/aromatic N) is 5. The van der Waals surface area contributed by atoms with E-state index in [1.807, 2.05) is 0 Å². The lowest BCUT2D eigenvalue weighted by Gasteiger charge is -2.07. The lowest BCUT2D eigenvalue weighted by Crippen LogP contribution is -2.10. The van der Waals surface area contributed by atoms with Gasteiger partial charge in [0.2, 0.25) is 5.88 Å². The van der Waals surface area contributed by atoms with Crippen molar-refractivity contribution in [3.8, 4) is 17.4 Å². The molecule has 11 heteroatoms. The fraction of sp³-hybridized carbons (Fsp3) is 0. The first-order valence-corrected chi connectivity index (χ1v) is 8.24. The molecule has 0 radical (unpaired) electrons. The molecule has 144 valence electrons. The zero-order chi connectivity index (χ0) is 20.2. The van der Waals surface area contributed by atoms with Gasteiger partial charge in [-0.25, -0.2) is 4.98 Å². The summed E-state index contributed by atoms with van der Waals surface area (Å²) < 4.78 is 12.2. The Kier molecular flexibility index (Phi) is 4.68. The molecule has 0 fully saturated rings. The van der Waals surface area contributed by atoms with Crippen molar-refractivity contribution in [2.45, 2.75) is 0 Å². The molecule has 4 aromatic rings. The molecule has 0 bridgehead atoms. The number of hydrogen-bond acceptors (Lipinski definition) is 8. The van der Waals surface area contributed by atoms with Crippen LogP contribution in [0.4, 0.5) is 11.6 Å². The molecule has 0 saturated carbocycles. The van der Waals surface area contributed by atoms with E-state index in [0.29, 0.717) is 23.1 Å². The van der Waals surface area contributed by atoms with Crippen molar-refractivity contribution in [3.63, 3.8) is 0 Å². The number of anilines is 1. The summed E-state index contributed by atoms with van der Waals surface area (Å²) >= 11 is 0. The lowest BCUT2D eigenvalue weighted by molar-refractivity contribution is -0.402. The Labute approximate surface area is 162 Å². The van der Waals surface area contributed by atoms with Crippen LogP contribution >= 0.6 is 0 Å². The van der Waals surface area contributed by atoms with E-state index in [4.69, 9.17) is 9.15 Å². The molecule has 0 aliphatic heterocycles. The predicted octanol–water partition coefficient (Wildman–Crippen LogP) is 3.21. The first-order valence-electron chi connectivity index (χ1n) is 8.24. The molecule has 11 nitrogen and oxygen atoms in total. The van der Waals surface area contributed by atoms with Gasteiger partial charge in [0.15, 0.2) is 11.6 Å². The Morgan fingerprint density at radius 3 is 2.55 bits per heavy atom. The third kappa shape index (κ3) is 4.08. The van der Waals surface area contributed by atoms with Gasteiger partial charge >= 0.3 is 5.88 Å². The van der Waals surface area contributed by atoms with Gasteiger partial charge in [0.25, 0.3) is 5.91 Å². The minimum absolute atomic E-state index is 0.162. The molecular weight excluding hydrogens is 380 g/mol. The summed E-state index contributed by atoms with van der Waals surface area (Å²) in [5.74, 6) is 0.123. The molecule has 0 aliphatic rings. The maximum atomic E-state index is 12.1. The topological polar surface area (TPSA) is 138 Å². The standard InChI is InChI=1S/C18H12N6O5/c25-18(14-5-8-17(29-14)24(26)27)20-12-1-3-13(4-2-12)28-16-7-6-15(21-22-16)23-10-9-19-11-23/h1-11H,(H,20,25). The van der Waals surface area contributed by atoms with Gasteiger partial charge in [-0.2, -0.15) is 0 Å². The lowest BCUT2D eigenvalue weighted by atomic mass is 10.3. The zero-order valence-corrected chi connectivity index (χ0v) is 14.6. The smallest absolute Gasteiger partial charge is 0.433 e. The van der Waals surface area contributed by atoms with Crippen molar-refractivity contribution in [2.75, 3.05) is 5.32 Å². The Bertz CT molecular complexity index is 1140. The first kappa shape index (κ1) is 17.9. The molecule has 1 N–H and O–H groups in total. The summed E-state index contributed by atoms with van der Waals surface area (Å²) in [6.45, 7) is 0. The Morgan fingerprint density at radius 2 is 1.93 bits per heavy atom.